The standard InChI is InChI=1S/C11H19NO2/c1-11(2,12(3)4)10(13)9-6-5-7-14-8-9/h8H,5-7H2,1-4H3. The number of likely N-dealkylation sites (N-methyl/N-ethyl adjacent to an activating group) is 1. The van der Waals surface area contributed by atoms with Gasteiger partial charge in [0.15, 0.2) is 5.78 Å². The maximum Gasteiger partial charge on any atom is 0.181 e. The number of rotatable bonds is 3. The quantitative estimate of drug-likeness (QED) is 0.688. The zero-order valence-electron chi connectivity index (χ0n) is 9.46. The van der Waals surface area contributed by atoms with Crippen molar-refractivity contribution in [3.05, 3.63) is 11.8 Å². The first kappa shape index (κ1) is 11.2. The molecule has 0 saturated heterocycles. The van der Waals surface area contributed by atoms with E-state index in [9.17, 15) is 4.79 Å². The molecule has 3 nitrogen and oxygen atoms in total. The molecule has 0 aromatic rings. The molecule has 0 atom stereocenters. The lowest BCUT2D eigenvalue weighted by Crippen LogP contribution is -2.46. The summed E-state index contributed by atoms with van der Waals surface area (Å²) in [6, 6.07) is 0. The van der Waals surface area contributed by atoms with Gasteiger partial charge < -0.3 is 4.74 Å². The summed E-state index contributed by atoms with van der Waals surface area (Å²) in [5.41, 5.74) is 0.377. The third kappa shape index (κ3) is 2.15. The van der Waals surface area contributed by atoms with Crippen LogP contribution in [0.5, 0.6) is 0 Å². The number of nitrogens with zero attached hydrogens (tertiary/aromatic N) is 1. The summed E-state index contributed by atoms with van der Waals surface area (Å²) >= 11 is 0. The second-order valence-electron chi connectivity index (χ2n) is 4.40. The Labute approximate surface area is 85.7 Å². The van der Waals surface area contributed by atoms with Crippen LogP contribution < -0.4 is 0 Å². The number of Topliss-reactive ketones (excluding diaryl/α,β-unsaturated/α-hetero) is 1. The molecule has 1 aliphatic rings. The second-order valence-corrected chi connectivity index (χ2v) is 4.40. The lowest BCUT2D eigenvalue weighted by Gasteiger charge is -2.32. The van der Waals surface area contributed by atoms with Crippen LogP contribution in [0.2, 0.25) is 0 Å². The molecular formula is C11H19NO2. The Kier molecular flexibility index (Phi) is 3.32. The van der Waals surface area contributed by atoms with Crippen molar-refractivity contribution in [2.24, 2.45) is 0 Å². The van der Waals surface area contributed by atoms with Crippen LogP contribution in [-0.4, -0.2) is 36.9 Å². The minimum Gasteiger partial charge on any atom is -0.501 e. The highest BCUT2D eigenvalue weighted by molar-refractivity contribution is 6.01. The van der Waals surface area contributed by atoms with Crippen molar-refractivity contribution in [3.63, 3.8) is 0 Å². The molecule has 0 unspecified atom stereocenters. The molecule has 0 N–H and O–H groups in total. The van der Waals surface area contributed by atoms with Crippen LogP contribution in [0.4, 0.5) is 0 Å². The molecule has 0 radical (unpaired) electrons. The largest absolute Gasteiger partial charge is 0.501 e. The Morgan fingerprint density at radius 3 is 2.57 bits per heavy atom. The molecule has 0 amide bonds. The van der Waals surface area contributed by atoms with Crippen LogP contribution in [0, 0.1) is 0 Å². The van der Waals surface area contributed by atoms with E-state index in [1.807, 2.05) is 32.8 Å². The summed E-state index contributed by atoms with van der Waals surface area (Å²) < 4.78 is 5.18. The van der Waals surface area contributed by atoms with E-state index in [-0.39, 0.29) is 5.78 Å². The molecule has 0 bridgehead atoms. The summed E-state index contributed by atoms with van der Waals surface area (Å²) in [6.45, 7) is 4.61. The smallest absolute Gasteiger partial charge is 0.181 e. The van der Waals surface area contributed by atoms with E-state index in [4.69, 9.17) is 4.74 Å². The van der Waals surface area contributed by atoms with Gasteiger partial charge >= 0.3 is 0 Å². The number of carbonyl (C=O) groups excluding carboxylic acids is 1. The predicted octanol–water partition coefficient (Wildman–Crippen LogP) is 1.59. The lowest BCUT2D eigenvalue weighted by atomic mass is 9.90. The highest BCUT2D eigenvalue weighted by Crippen LogP contribution is 2.22. The Hall–Kier alpha value is -0.830. The highest BCUT2D eigenvalue weighted by Gasteiger charge is 2.32. The van der Waals surface area contributed by atoms with E-state index in [2.05, 4.69) is 0 Å². The van der Waals surface area contributed by atoms with Crippen molar-refractivity contribution in [1.29, 1.82) is 0 Å². The fraction of sp³-hybridized carbons (Fsp3) is 0.727. The van der Waals surface area contributed by atoms with Gasteiger partial charge in [-0.05, 0) is 40.8 Å². The molecule has 0 spiro atoms. The van der Waals surface area contributed by atoms with E-state index in [0.29, 0.717) is 0 Å². The summed E-state index contributed by atoms with van der Waals surface area (Å²) in [5, 5.41) is 0. The van der Waals surface area contributed by atoms with Crippen molar-refractivity contribution in [1.82, 2.24) is 4.90 Å². The molecule has 1 aliphatic heterocycles. The van der Waals surface area contributed by atoms with E-state index >= 15 is 0 Å². The van der Waals surface area contributed by atoms with Crippen LogP contribution in [0.15, 0.2) is 11.8 Å². The predicted molar refractivity (Wildman–Crippen MR) is 56.0 cm³/mol. The van der Waals surface area contributed by atoms with Crippen LogP contribution in [0.25, 0.3) is 0 Å². The average molecular weight is 197 g/mol. The molecule has 14 heavy (non-hydrogen) atoms. The van der Waals surface area contributed by atoms with E-state index < -0.39 is 5.54 Å². The maximum absolute atomic E-state index is 12.1. The molecule has 0 fully saturated rings. The number of ketones is 1. The second kappa shape index (κ2) is 4.13. The van der Waals surface area contributed by atoms with Gasteiger partial charge in [0.05, 0.1) is 18.4 Å². The van der Waals surface area contributed by atoms with Gasteiger partial charge in [0.1, 0.15) is 0 Å². The molecule has 80 valence electrons. The van der Waals surface area contributed by atoms with Gasteiger partial charge in [0.25, 0.3) is 0 Å². The minimum atomic E-state index is -0.438. The van der Waals surface area contributed by atoms with Gasteiger partial charge in [0.2, 0.25) is 0 Å². The van der Waals surface area contributed by atoms with Crippen molar-refractivity contribution >= 4 is 5.78 Å². The molecular weight excluding hydrogens is 178 g/mol. The van der Waals surface area contributed by atoms with E-state index in [0.717, 1.165) is 25.0 Å². The van der Waals surface area contributed by atoms with Crippen molar-refractivity contribution in [2.75, 3.05) is 20.7 Å². The Balaban J connectivity index is 2.78. The third-order valence-electron chi connectivity index (χ3n) is 2.90. The number of hydrogen-bond donors (Lipinski definition) is 0. The Morgan fingerprint density at radius 2 is 2.14 bits per heavy atom. The van der Waals surface area contributed by atoms with E-state index in [1.165, 1.54) is 0 Å². The number of hydrogen-bond acceptors (Lipinski definition) is 3. The van der Waals surface area contributed by atoms with E-state index in [1.54, 1.807) is 6.26 Å². The summed E-state index contributed by atoms with van der Waals surface area (Å²) in [6.07, 6.45) is 3.41. The minimum absolute atomic E-state index is 0.169. The molecule has 1 rings (SSSR count). The molecule has 1 heterocycles. The maximum atomic E-state index is 12.1. The SMILES string of the molecule is CN(C)C(C)(C)C(=O)C1=COCCC1. The first-order valence-electron chi connectivity index (χ1n) is 4.99. The first-order chi connectivity index (χ1) is 6.46. The number of ether oxygens (including phenoxy) is 1. The van der Waals surface area contributed by atoms with Gasteiger partial charge in [0, 0.05) is 5.57 Å². The molecule has 0 aliphatic carbocycles. The topological polar surface area (TPSA) is 29.5 Å². The van der Waals surface area contributed by atoms with Gasteiger partial charge in [-0.25, -0.2) is 0 Å². The van der Waals surface area contributed by atoms with Crippen LogP contribution in [0.1, 0.15) is 26.7 Å². The van der Waals surface area contributed by atoms with Gasteiger partial charge in [-0.1, -0.05) is 0 Å². The van der Waals surface area contributed by atoms with Crippen molar-refractivity contribution in [3.8, 4) is 0 Å². The monoisotopic (exact) mass is 197 g/mol. The molecule has 0 saturated carbocycles. The van der Waals surface area contributed by atoms with Crippen LogP contribution in [0.3, 0.4) is 0 Å². The Bertz CT molecular complexity index is 254. The van der Waals surface area contributed by atoms with Crippen LogP contribution >= 0.6 is 0 Å². The molecule has 0 aromatic carbocycles. The van der Waals surface area contributed by atoms with Crippen molar-refractivity contribution < 1.29 is 9.53 Å². The fourth-order valence-corrected chi connectivity index (χ4v) is 1.33. The summed E-state index contributed by atoms with van der Waals surface area (Å²) in [4.78, 5) is 14.0. The molecule has 0 aromatic heterocycles. The summed E-state index contributed by atoms with van der Waals surface area (Å²) in [5.74, 6) is 0.169. The normalized spacial score (nSPS) is 17.6. The fourth-order valence-electron chi connectivity index (χ4n) is 1.33. The summed E-state index contributed by atoms with van der Waals surface area (Å²) in [7, 11) is 3.84. The van der Waals surface area contributed by atoms with Gasteiger partial charge in [-0.15, -0.1) is 0 Å². The van der Waals surface area contributed by atoms with Crippen LogP contribution in [-0.2, 0) is 9.53 Å². The van der Waals surface area contributed by atoms with Crippen molar-refractivity contribution in [2.45, 2.75) is 32.2 Å². The first-order valence-corrected chi connectivity index (χ1v) is 4.99. The average Bonchev–Trinajstić information content (AvgIpc) is 2.17. The Morgan fingerprint density at radius 1 is 1.50 bits per heavy atom. The zero-order chi connectivity index (χ0) is 10.8. The molecule has 3 heteroatoms. The lowest BCUT2D eigenvalue weighted by molar-refractivity contribution is -0.124. The zero-order valence-corrected chi connectivity index (χ0v) is 9.46. The van der Waals surface area contributed by atoms with Gasteiger partial charge in [-0.3, -0.25) is 9.69 Å². The highest BCUT2D eigenvalue weighted by atomic mass is 16.5. The van der Waals surface area contributed by atoms with Gasteiger partial charge in [-0.2, -0.15) is 0 Å². The third-order valence-corrected chi connectivity index (χ3v) is 2.90. The number of carbonyl (C=O) groups is 1.